The molecular weight excluding hydrogens is 356 g/mol. The summed E-state index contributed by atoms with van der Waals surface area (Å²) in [6.07, 6.45) is 0. The number of hydrogen-bond donors (Lipinski definition) is 2. The second-order valence-corrected chi connectivity index (χ2v) is 5.92. The summed E-state index contributed by atoms with van der Waals surface area (Å²) in [5.74, 6) is 0.560. The molecule has 0 bridgehead atoms. The van der Waals surface area contributed by atoms with Crippen LogP contribution in [0.25, 0.3) is 10.9 Å². The van der Waals surface area contributed by atoms with Gasteiger partial charge < -0.3 is 5.73 Å². The lowest BCUT2D eigenvalue weighted by Gasteiger charge is -1.98. The molecule has 0 amide bonds. The largest absolute Gasteiger partial charge is 0.384 e. The molecule has 0 saturated carbocycles. The number of aromatic nitrogens is 1. The first-order chi connectivity index (χ1) is 9.54. The minimum absolute atomic E-state index is 0.560. The Morgan fingerprint density at radius 3 is 2.50 bits per heavy atom. The molecule has 1 heterocycles. The van der Waals surface area contributed by atoms with Crippen molar-refractivity contribution in [1.82, 2.24) is 4.98 Å². The number of fused-ring (bicyclic) bond motifs is 1. The Kier molecular flexibility index (Phi) is 5.29. The number of nitrogens with two attached hydrogens (primary N) is 1. The molecular formula is C15H12BrClN2S. The van der Waals surface area contributed by atoms with Gasteiger partial charge in [0, 0.05) is 19.8 Å². The fourth-order valence-electron chi connectivity index (χ4n) is 1.59. The number of rotatable bonds is 0. The first-order valence-corrected chi connectivity index (χ1v) is 7.43. The summed E-state index contributed by atoms with van der Waals surface area (Å²) >= 11 is 13.1. The van der Waals surface area contributed by atoms with E-state index in [0.717, 1.165) is 25.3 Å². The van der Waals surface area contributed by atoms with Crippen molar-refractivity contribution < 1.29 is 0 Å². The van der Waals surface area contributed by atoms with Crippen molar-refractivity contribution in [3.8, 4) is 0 Å². The van der Waals surface area contributed by atoms with E-state index in [1.165, 1.54) is 0 Å². The summed E-state index contributed by atoms with van der Waals surface area (Å²) in [6, 6.07) is 17.0. The molecule has 2 N–H and O–H groups in total. The van der Waals surface area contributed by atoms with Gasteiger partial charge in [-0.15, -0.1) is 12.6 Å². The molecule has 3 rings (SSSR count). The quantitative estimate of drug-likeness (QED) is 0.535. The standard InChI is InChI=1S/C9H7BrN2.C6H5ClS/c10-7-2-3-8-6(5-7)1-4-9(11)12-8;7-5-2-1-3-6(8)4-5/h1-5H,(H2,11,12);1-4,8H. The molecule has 2 nitrogen and oxygen atoms in total. The second-order valence-electron chi connectivity index (χ2n) is 4.05. The van der Waals surface area contributed by atoms with E-state index in [1.54, 1.807) is 12.1 Å². The van der Waals surface area contributed by atoms with Crippen LogP contribution in [0.1, 0.15) is 0 Å². The van der Waals surface area contributed by atoms with Crippen LogP contribution in [0.4, 0.5) is 5.82 Å². The highest BCUT2D eigenvalue weighted by molar-refractivity contribution is 9.10. The highest BCUT2D eigenvalue weighted by Crippen LogP contribution is 2.18. The van der Waals surface area contributed by atoms with Gasteiger partial charge in [-0.05, 0) is 48.5 Å². The average Bonchev–Trinajstić information content (AvgIpc) is 2.39. The third kappa shape index (κ3) is 4.40. The van der Waals surface area contributed by atoms with Gasteiger partial charge in [0.15, 0.2) is 0 Å². The van der Waals surface area contributed by atoms with Crippen LogP contribution in [0.3, 0.4) is 0 Å². The molecule has 0 radical (unpaired) electrons. The number of hydrogen-bond acceptors (Lipinski definition) is 3. The lowest BCUT2D eigenvalue weighted by Crippen LogP contribution is -1.88. The van der Waals surface area contributed by atoms with Crippen LogP contribution in [0.5, 0.6) is 0 Å². The third-order valence-corrected chi connectivity index (χ3v) is 3.49. The normalized spacial score (nSPS) is 9.95. The molecule has 0 fully saturated rings. The SMILES string of the molecule is Nc1ccc2cc(Br)ccc2n1.Sc1cccc(Cl)c1. The molecule has 0 atom stereocenters. The molecule has 20 heavy (non-hydrogen) atoms. The Morgan fingerprint density at radius 1 is 1.05 bits per heavy atom. The zero-order valence-electron chi connectivity index (χ0n) is 10.4. The van der Waals surface area contributed by atoms with E-state index < -0.39 is 0 Å². The van der Waals surface area contributed by atoms with Crippen molar-refractivity contribution in [2.24, 2.45) is 0 Å². The third-order valence-electron chi connectivity index (χ3n) is 2.48. The predicted molar refractivity (Wildman–Crippen MR) is 92.6 cm³/mol. The summed E-state index contributed by atoms with van der Waals surface area (Å²) in [7, 11) is 0. The summed E-state index contributed by atoms with van der Waals surface area (Å²) in [6.45, 7) is 0. The minimum Gasteiger partial charge on any atom is -0.384 e. The van der Waals surface area contributed by atoms with Gasteiger partial charge in [0.2, 0.25) is 0 Å². The molecule has 0 aliphatic rings. The van der Waals surface area contributed by atoms with Gasteiger partial charge >= 0.3 is 0 Å². The number of nitrogens with zero attached hydrogens (tertiary/aromatic N) is 1. The Balaban J connectivity index is 0.000000160. The highest BCUT2D eigenvalue weighted by atomic mass is 79.9. The van der Waals surface area contributed by atoms with Crippen molar-refractivity contribution >= 4 is 56.9 Å². The molecule has 3 aromatic rings. The number of nitrogen functional groups attached to an aromatic ring is 1. The first-order valence-electron chi connectivity index (χ1n) is 5.81. The summed E-state index contributed by atoms with van der Waals surface area (Å²) in [5.41, 5.74) is 6.47. The lowest BCUT2D eigenvalue weighted by atomic mass is 10.2. The fourth-order valence-corrected chi connectivity index (χ4v) is 2.46. The van der Waals surface area contributed by atoms with Crippen LogP contribution < -0.4 is 5.73 Å². The monoisotopic (exact) mass is 366 g/mol. The number of pyridine rings is 1. The number of thiol groups is 1. The topological polar surface area (TPSA) is 38.9 Å². The van der Waals surface area contributed by atoms with Crippen LogP contribution in [0.2, 0.25) is 5.02 Å². The summed E-state index contributed by atoms with van der Waals surface area (Å²) < 4.78 is 1.06. The van der Waals surface area contributed by atoms with Gasteiger partial charge in [-0.1, -0.05) is 33.6 Å². The Labute approximate surface area is 136 Å². The zero-order chi connectivity index (χ0) is 14.5. The van der Waals surface area contributed by atoms with Crippen LogP contribution in [0.15, 0.2) is 64.0 Å². The molecule has 0 spiro atoms. The van der Waals surface area contributed by atoms with Crippen molar-refractivity contribution in [3.63, 3.8) is 0 Å². The zero-order valence-corrected chi connectivity index (χ0v) is 13.7. The van der Waals surface area contributed by atoms with Gasteiger partial charge in [0.05, 0.1) is 5.52 Å². The van der Waals surface area contributed by atoms with E-state index >= 15 is 0 Å². The smallest absolute Gasteiger partial charge is 0.124 e. The fraction of sp³-hybridized carbons (Fsp3) is 0. The van der Waals surface area contributed by atoms with E-state index in [2.05, 4.69) is 33.5 Å². The van der Waals surface area contributed by atoms with Crippen molar-refractivity contribution in [2.45, 2.75) is 4.90 Å². The molecule has 0 aliphatic carbocycles. The van der Waals surface area contributed by atoms with Crippen LogP contribution in [-0.2, 0) is 0 Å². The highest BCUT2D eigenvalue weighted by Gasteiger charge is 1.95. The maximum atomic E-state index is 5.60. The van der Waals surface area contributed by atoms with E-state index in [0.29, 0.717) is 5.82 Å². The molecule has 2 aromatic carbocycles. The van der Waals surface area contributed by atoms with Gasteiger partial charge in [-0.3, -0.25) is 0 Å². The molecule has 1 aromatic heterocycles. The minimum atomic E-state index is 0.560. The molecule has 0 unspecified atom stereocenters. The van der Waals surface area contributed by atoms with Crippen LogP contribution >= 0.6 is 40.2 Å². The van der Waals surface area contributed by atoms with Crippen LogP contribution in [0, 0.1) is 0 Å². The second kappa shape index (κ2) is 6.97. The predicted octanol–water partition coefficient (Wildman–Crippen LogP) is 5.21. The van der Waals surface area contributed by atoms with Crippen LogP contribution in [-0.4, -0.2) is 4.98 Å². The van der Waals surface area contributed by atoms with E-state index in [-0.39, 0.29) is 0 Å². The molecule has 5 heteroatoms. The van der Waals surface area contributed by atoms with Gasteiger partial charge in [-0.2, -0.15) is 0 Å². The Bertz CT molecular complexity index is 675. The van der Waals surface area contributed by atoms with Crippen molar-refractivity contribution in [1.29, 1.82) is 0 Å². The first kappa shape index (κ1) is 15.2. The van der Waals surface area contributed by atoms with Crippen molar-refractivity contribution in [3.05, 3.63) is 64.1 Å². The number of benzene rings is 2. The average molecular weight is 368 g/mol. The molecule has 0 saturated heterocycles. The maximum Gasteiger partial charge on any atom is 0.124 e. The molecule has 0 aliphatic heterocycles. The van der Waals surface area contributed by atoms with Gasteiger partial charge in [0.25, 0.3) is 0 Å². The molecule has 102 valence electrons. The lowest BCUT2D eigenvalue weighted by molar-refractivity contribution is 1.41. The van der Waals surface area contributed by atoms with E-state index in [1.807, 2.05) is 42.5 Å². The summed E-state index contributed by atoms with van der Waals surface area (Å²) in [5, 5.41) is 1.83. The summed E-state index contributed by atoms with van der Waals surface area (Å²) in [4.78, 5) is 5.07. The van der Waals surface area contributed by atoms with E-state index in [4.69, 9.17) is 17.3 Å². The van der Waals surface area contributed by atoms with Gasteiger partial charge in [0.1, 0.15) is 5.82 Å². The number of halogens is 2. The Hall–Kier alpha value is -1.23. The van der Waals surface area contributed by atoms with E-state index in [9.17, 15) is 0 Å². The number of anilines is 1. The Morgan fingerprint density at radius 2 is 1.85 bits per heavy atom. The van der Waals surface area contributed by atoms with Gasteiger partial charge in [-0.25, -0.2) is 4.98 Å². The maximum absolute atomic E-state index is 5.60. The van der Waals surface area contributed by atoms with Crippen molar-refractivity contribution in [2.75, 3.05) is 5.73 Å².